The molecule has 0 amide bonds. The molecule has 0 saturated heterocycles. The molecule has 0 radical (unpaired) electrons. The highest BCUT2D eigenvalue weighted by atomic mass is 32.2. The number of aryl methyl sites for hydroxylation is 2. The maximum Gasteiger partial charge on any atom is 0.269 e. The number of nitrogens with one attached hydrogen (secondary N) is 2. The van der Waals surface area contributed by atoms with Crippen LogP contribution in [0.15, 0.2) is 78.0 Å². The van der Waals surface area contributed by atoms with E-state index in [1.165, 1.54) is 24.3 Å². The fraction of sp³-hybridized carbons (Fsp3) is 0.120. The number of thioether (sulfide) groups is 1. The second kappa shape index (κ2) is 10.7. The number of rotatable bonds is 9. The first kappa shape index (κ1) is 23.8. The number of carbonyl (C=O) groups excluding carboxylic acids is 1. The number of nitro groups is 1. The van der Waals surface area contributed by atoms with Gasteiger partial charge in [-0.25, -0.2) is 0 Å². The summed E-state index contributed by atoms with van der Waals surface area (Å²) >= 11 is 1.16. The number of Topliss-reactive ketones (excluding diaryl/α,β-unsaturated/α-hetero) is 1. The molecule has 4 aromatic rings. The molecule has 1 aromatic heterocycles. The molecule has 10 heteroatoms. The summed E-state index contributed by atoms with van der Waals surface area (Å²) in [7, 11) is 0. The molecule has 0 saturated carbocycles. The second-order valence-corrected chi connectivity index (χ2v) is 8.71. The molecule has 0 spiro atoms. The smallest absolute Gasteiger partial charge is 0.269 e. The van der Waals surface area contributed by atoms with Crippen molar-refractivity contribution < 1.29 is 9.72 Å². The van der Waals surface area contributed by atoms with Gasteiger partial charge >= 0.3 is 0 Å². The lowest BCUT2D eigenvalue weighted by atomic mass is 10.1. The quantitative estimate of drug-likeness (QED) is 0.130. The van der Waals surface area contributed by atoms with Crippen LogP contribution in [0.4, 0.5) is 29.0 Å². The van der Waals surface area contributed by atoms with E-state index in [2.05, 4.69) is 25.6 Å². The van der Waals surface area contributed by atoms with Gasteiger partial charge in [0.25, 0.3) is 5.69 Å². The zero-order chi connectivity index (χ0) is 24.8. The van der Waals surface area contributed by atoms with Crippen LogP contribution in [0.3, 0.4) is 0 Å². The number of anilines is 4. The largest absolute Gasteiger partial charge is 0.324 e. The lowest BCUT2D eigenvalue weighted by molar-refractivity contribution is -0.384. The second-order valence-electron chi connectivity index (χ2n) is 7.76. The lowest BCUT2D eigenvalue weighted by Crippen LogP contribution is -2.07. The van der Waals surface area contributed by atoms with E-state index in [0.29, 0.717) is 22.6 Å². The molecular weight excluding hydrogens is 464 g/mol. The molecule has 9 nitrogen and oxygen atoms in total. The van der Waals surface area contributed by atoms with Crippen LogP contribution in [-0.2, 0) is 0 Å². The van der Waals surface area contributed by atoms with Crippen LogP contribution >= 0.6 is 11.8 Å². The van der Waals surface area contributed by atoms with Crippen molar-refractivity contribution in [2.24, 2.45) is 0 Å². The average molecular weight is 487 g/mol. The standard InChI is InChI=1S/C25H22N6O3S/c1-16-3-9-19(10-4-16)26-23-28-24(27-20-11-5-17(2)6-12-20)30-25(29-23)35-15-22(32)18-7-13-21(14-8-18)31(33)34/h3-14H,15H2,1-2H3,(H2,26,27,28,29,30). The predicted octanol–water partition coefficient (Wildman–Crippen LogP) is 5.86. The summed E-state index contributed by atoms with van der Waals surface area (Å²) < 4.78 is 0. The maximum atomic E-state index is 12.6. The minimum atomic E-state index is -0.501. The highest BCUT2D eigenvalue weighted by molar-refractivity contribution is 7.99. The summed E-state index contributed by atoms with van der Waals surface area (Å²) in [6, 6.07) is 21.2. The van der Waals surface area contributed by atoms with E-state index >= 15 is 0 Å². The van der Waals surface area contributed by atoms with Gasteiger partial charge in [-0.2, -0.15) is 15.0 Å². The van der Waals surface area contributed by atoms with Gasteiger partial charge in [-0.05, 0) is 50.2 Å². The van der Waals surface area contributed by atoms with E-state index in [4.69, 9.17) is 0 Å². The zero-order valence-corrected chi connectivity index (χ0v) is 19.9. The molecule has 0 aliphatic heterocycles. The Morgan fingerprint density at radius 3 is 1.74 bits per heavy atom. The van der Waals surface area contributed by atoms with Crippen molar-refractivity contribution in [3.05, 3.63) is 99.6 Å². The summed E-state index contributed by atoms with van der Waals surface area (Å²) in [5.74, 6) is 0.550. The normalized spacial score (nSPS) is 10.6. The van der Waals surface area contributed by atoms with Crippen molar-refractivity contribution in [2.75, 3.05) is 16.4 Å². The number of nitrogens with zero attached hydrogens (tertiary/aromatic N) is 4. The van der Waals surface area contributed by atoms with E-state index in [9.17, 15) is 14.9 Å². The van der Waals surface area contributed by atoms with E-state index in [1.807, 2.05) is 62.4 Å². The maximum absolute atomic E-state index is 12.6. The molecule has 0 aliphatic rings. The minimum absolute atomic E-state index is 0.0645. The Bertz CT molecular complexity index is 1280. The number of nitro benzene ring substituents is 1. The van der Waals surface area contributed by atoms with Crippen molar-refractivity contribution in [3.63, 3.8) is 0 Å². The molecular formula is C25H22N6O3S. The van der Waals surface area contributed by atoms with Crippen LogP contribution in [-0.4, -0.2) is 31.4 Å². The summed E-state index contributed by atoms with van der Waals surface area (Å²) in [6.07, 6.45) is 0. The first-order valence-electron chi connectivity index (χ1n) is 10.7. The third-order valence-electron chi connectivity index (χ3n) is 4.96. The SMILES string of the molecule is Cc1ccc(Nc2nc(Nc3ccc(C)cc3)nc(SCC(=O)c3ccc([N+](=O)[O-])cc3)n2)cc1. The van der Waals surface area contributed by atoms with E-state index in [0.717, 1.165) is 34.3 Å². The van der Waals surface area contributed by atoms with Gasteiger partial charge in [0, 0.05) is 29.1 Å². The van der Waals surface area contributed by atoms with Gasteiger partial charge < -0.3 is 10.6 Å². The molecule has 35 heavy (non-hydrogen) atoms. The highest BCUT2D eigenvalue weighted by Gasteiger charge is 2.13. The Kier molecular flexibility index (Phi) is 7.32. The molecule has 0 fully saturated rings. The third kappa shape index (κ3) is 6.61. The van der Waals surface area contributed by atoms with Crippen molar-refractivity contribution in [1.82, 2.24) is 15.0 Å². The van der Waals surface area contributed by atoms with Crippen LogP contribution in [0.5, 0.6) is 0 Å². The van der Waals surface area contributed by atoms with E-state index < -0.39 is 4.92 Å². The number of carbonyl (C=O) groups is 1. The van der Waals surface area contributed by atoms with E-state index in [1.54, 1.807) is 0 Å². The Labute approximate surface area is 206 Å². The summed E-state index contributed by atoms with van der Waals surface area (Å²) in [5.41, 5.74) is 4.23. The van der Waals surface area contributed by atoms with Crippen LogP contribution in [0, 0.1) is 24.0 Å². The number of non-ortho nitro benzene ring substituents is 1. The van der Waals surface area contributed by atoms with Crippen molar-refractivity contribution in [2.45, 2.75) is 19.0 Å². The van der Waals surface area contributed by atoms with Crippen LogP contribution in [0.2, 0.25) is 0 Å². The van der Waals surface area contributed by atoms with Crippen LogP contribution in [0.25, 0.3) is 0 Å². The number of ketones is 1. The molecule has 0 aliphatic carbocycles. The highest BCUT2D eigenvalue weighted by Crippen LogP contribution is 2.23. The summed E-state index contributed by atoms with van der Waals surface area (Å²) in [6.45, 7) is 4.01. The summed E-state index contributed by atoms with van der Waals surface area (Å²) in [5, 5.41) is 17.6. The molecule has 0 atom stereocenters. The van der Waals surface area contributed by atoms with Crippen LogP contribution in [0.1, 0.15) is 21.5 Å². The average Bonchev–Trinajstić information content (AvgIpc) is 2.85. The molecule has 3 aromatic carbocycles. The fourth-order valence-electron chi connectivity index (χ4n) is 3.05. The monoisotopic (exact) mass is 486 g/mol. The van der Waals surface area contributed by atoms with Gasteiger partial charge in [0.15, 0.2) is 10.9 Å². The minimum Gasteiger partial charge on any atom is -0.324 e. The summed E-state index contributed by atoms with van der Waals surface area (Å²) in [4.78, 5) is 36.3. The Balaban J connectivity index is 1.54. The van der Waals surface area contributed by atoms with Crippen molar-refractivity contribution in [1.29, 1.82) is 0 Å². The van der Waals surface area contributed by atoms with Gasteiger partial charge in [-0.3, -0.25) is 14.9 Å². The Hall–Kier alpha value is -4.31. The van der Waals surface area contributed by atoms with E-state index in [-0.39, 0.29) is 17.2 Å². The van der Waals surface area contributed by atoms with Gasteiger partial charge in [-0.1, -0.05) is 47.2 Å². The lowest BCUT2D eigenvalue weighted by Gasteiger charge is -2.10. The van der Waals surface area contributed by atoms with Gasteiger partial charge in [0.1, 0.15) is 0 Å². The first-order valence-corrected chi connectivity index (χ1v) is 11.7. The number of benzene rings is 3. The van der Waals surface area contributed by atoms with Gasteiger partial charge in [-0.15, -0.1) is 0 Å². The molecule has 0 unspecified atom stereocenters. The molecule has 1 heterocycles. The number of aromatic nitrogens is 3. The molecule has 0 bridgehead atoms. The van der Waals surface area contributed by atoms with Gasteiger partial charge in [0.2, 0.25) is 11.9 Å². The fourth-order valence-corrected chi connectivity index (χ4v) is 3.78. The molecule has 4 rings (SSSR count). The Morgan fingerprint density at radius 2 is 1.29 bits per heavy atom. The predicted molar refractivity (Wildman–Crippen MR) is 137 cm³/mol. The zero-order valence-electron chi connectivity index (χ0n) is 19.1. The van der Waals surface area contributed by atoms with Gasteiger partial charge in [0.05, 0.1) is 10.7 Å². The topological polar surface area (TPSA) is 123 Å². The van der Waals surface area contributed by atoms with Crippen LogP contribution < -0.4 is 10.6 Å². The molecule has 2 N–H and O–H groups in total. The Morgan fingerprint density at radius 1 is 0.800 bits per heavy atom. The molecule has 176 valence electrons. The number of hydrogen-bond donors (Lipinski definition) is 2. The van der Waals surface area contributed by atoms with Crippen molar-refractivity contribution >= 4 is 46.5 Å². The third-order valence-corrected chi connectivity index (χ3v) is 5.81. The number of hydrogen-bond acceptors (Lipinski definition) is 9. The first-order chi connectivity index (χ1) is 16.9. The van der Waals surface area contributed by atoms with Crippen molar-refractivity contribution in [3.8, 4) is 0 Å².